The van der Waals surface area contributed by atoms with Crippen LogP contribution in [0.5, 0.6) is 0 Å². The molecule has 1 heterocycles. The summed E-state index contributed by atoms with van der Waals surface area (Å²) in [5, 5.41) is 6.35. The number of para-hydroxylation sites is 1. The van der Waals surface area contributed by atoms with Gasteiger partial charge < -0.3 is 15.4 Å². The van der Waals surface area contributed by atoms with E-state index in [1.807, 2.05) is 0 Å². The fourth-order valence-corrected chi connectivity index (χ4v) is 4.09. The molecule has 0 bridgehead atoms. The minimum absolute atomic E-state index is 0.195. The van der Waals surface area contributed by atoms with E-state index in [1.54, 1.807) is 93.6 Å². The Bertz CT molecular complexity index is 1520. The predicted molar refractivity (Wildman–Crippen MR) is 148 cm³/mol. The van der Waals surface area contributed by atoms with Crippen molar-refractivity contribution in [3.63, 3.8) is 0 Å². The van der Waals surface area contributed by atoms with Crippen LogP contribution < -0.4 is 10.6 Å². The molecule has 3 aromatic carbocycles. The highest BCUT2D eigenvalue weighted by Gasteiger charge is 2.34. The number of anilines is 3. The number of alkyl halides is 3. The minimum Gasteiger partial charge on any atom is -0.444 e. The lowest BCUT2D eigenvalue weighted by Crippen LogP contribution is -2.41. The standard InChI is InChI=1S/C30H29F3N4O3/c1-29(2,3)40-28(39)37(4)26(19-11-6-5-7-12-19)27(38)35-21-14-10-13-20(17-21)34-24-18-25(30(31,32)33)36-23-16-9-8-15-22(23)24/h5-18,26H,1-4H3,(H,34,36)(H,35,38)/t26-/m0/s1. The number of rotatable bonds is 6. The van der Waals surface area contributed by atoms with Crippen molar-refractivity contribution in [2.45, 2.75) is 38.6 Å². The van der Waals surface area contributed by atoms with Gasteiger partial charge in [-0.1, -0.05) is 54.6 Å². The van der Waals surface area contributed by atoms with Crippen molar-refractivity contribution >= 4 is 40.0 Å². The summed E-state index contributed by atoms with van der Waals surface area (Å²) in [4.78, 5) is 31.3. The number of carbonyl (C=O) groups is 2. The second-order valence-corrected chi connectivity index (χ2v) is 10.2. The summed E-state index contributed by atoms with van der Waals surface area (Å²) in [6.07, 6.45) is -5.29. The number of pyridine rings is 1. The van der Waals surface area contributed by atoms with Gasteiger partial charge >= 0.3 is 12.3 Å². The zero-order valence-electron chi connectivity index (χ0n) is 22.4. The molecule has 0 spiro atoms. The third kappa shape index (κ3) is 6.88. The average Bonchev–Trinajstić information content (AvgIpc) is 2.88. The molecule has 1 aromatic heterocycles. The number of nitrogens with zero attached hydrogens (tertiary/aromatic N) is 2. The molecule has 1 atom stereocenters. The summed E-state index contributed by atoms with van der Waals surface area (Å²) >= 11 is 0. The Balaban J connectivity index is 1.62. The normalized spacial score (nSPS) is 12.5. The molecular weight excluding hydrogens is 521 g/mol. The van der Waals surface area contributed by atoms with Crippen molar-refractivity contribution in [1.82, 2.24) is 9.88 Å². The molecule has 0 saturated carbocycles. The maximum atomic E-state index is 13.5. The van der Waals surface area contributed by atoms with E-state index in [0.717, 1.165) is 6.07 Å². The first-order valence-corrected chi connectivity index (χ1v) is 12.5. The number of ether oxygens (including phenoxy) is 1. The highest BCUT2D eigenvalue weighted by atomic mass is 19.4. The first-order chi connectivity index (χ1) is 18.8. The zero-order chi connectivity index (χ0) is 29.1. The molecule has 2 N–H and O–H groups in total. The van der Waals surface area contributed by atoms with Crippen molar-refractivity contribution in [2.75, 3.05) is 17.7 Å². The summed E-state index contributed by atoms with van der Waals surface area (Å²) in [7, 11) is 1.48. The Morgan fingerprint density at radius 3 is 2.20 bits per heavy atom. The fraction of sp³-hybridized carbons (Fsp3) is 0.233. The maximum Gasteiger partial charge on any atom is 0.433 e. The van der Waals surface area contributed by atoms with Gasteiger partial charge in [-0.05, 0) is 56.7 Å². The summed E-state index contributed by atoms with van der Waals surface area (Å²) in [5.41, 5.74) is 0.0292. The first-order valence-electron chi connectivity index (χ1n) is 12.5. The molecule has 208 valence electrons. The van der Waals surface area contributed by atoms with E-state index in [1.165, 1.54) is 18.0 Å². The van der Waals surface area contributed by atoms with Crippen LogP contribution in [0.3, 0.4) is 0 Å². The number of amides is 2. The number of hydrogen-bond donors (Lipinski definition) is 2. The monoisotopic (exact) mass is 550 g/mol. The van der Waals surface area contributed by atoms with Gasteiger partial charge in [0.15, 0.2) is 0 Å². The maximum absolute atomic E-state index is 13.5. The SMILES string of the molecule is CN(C(=O)OC(C)(C)C)[C@H](C(=O)Nc1cccc(Nc2cc(C(F)(F)F)nc3ccccc23)c1)c1ccccc1. The molecule has 4 aromatic rings. The molecule has 10 heteroatoms. The van der Waals surface area contributed by atoms with E-state index >= 15 is 0 Å². The topological polar surface area (TPSA) is 83.6 Å². The van der Waals surface area contributed by atoms with E-state index in [0.29, 0.717) is 22.3 Å². The Morgan fingerprint density at radius 1 is 0.875 bits per heavy atom. The Kier molecular flexibility index (Phi) is 7.99. The van der Waals surface area contributed by atoms with Gasteiger partial charge in [-0.2, -0.15) is 13.2 Å². The lowest BCUT2D eigenvalue weighted by Gasteiger charge is -2.30. The Morgan fingerprint density at radius 2 is 1.52 bits per heavy atom. The van der Waals surface area contributed by atoms with E-state index < -0.39 is 35.5 Å². The van der Waals surface area contributed by atoms with Gasteiger partial charge in [0.05, 0.1) is 11.2 Å². The smallest absolute Gasteiger partial charge is 0.433 e. The summed E-state index contributed by atoms with van der Waals surface area (Å²) < 4.78 is 46.0. The molecule has 0 fully saturated rings. The van der Waals surface area contributed by atoms with Crippen molar-refractivity contribution in [3.8, 4) is 0 Å². The molecule has 0 aliphatic carbocycles. The average molecular weight is 551 g/mol. The van der Waals surface area contributed by atoms with Gasteiger partial charge in [0.1, 0.15) is 17.3 Å². The van der Waals surface area contributed by atoms with Gasteiger partial charge in [0, 0.05) is 23.8 Å². The highest BCUT2D eigenvalue weighted by molar-refractivity contribution is 5.98. The second kappa shape index (κ2) is 11.3. The van der Waals surface area contributed by atoms with Crippen LogP contribution in [0.25, 0.3) is 10.9 Å². The number of nitrogens with one attached hydrogen (secondary N) is 2. The van der Waals surface area contributed by atoms with Gasteiger partial charge in [0.25, 0.3) is 5.91 Å². The van der Waals surface area contributed by atoms with Gasteiger partial charge in [0.2, 0.25) is 0 Å². The van der Waals surface area contributed by atoms with Crippen LogP contribution in [0.4, 0.5) is 35.0 Å². The lowest BCUT2D eigenvalue weighted by molar-refractivity contribution is -0.140. The molecule has 0 saturated heterocycles. The molecule has 0 unspecified atom stereocenters. The van der Waals surface area contributed by atoms with E-state index in [9.17, 15) is 22.8 Å². The van der Waals surface area contributed by atoms with Crippen molar-refractivity contribution in [3.05, 3.63) is 96.2 Å². The van der Waals surface area contributed by atoms with Gasteiger partial charge in [-0.25, -0.2) is 9.78 Å². The number of aromatic nitrogens is 1. The molecular formula is C30H29F3N4O3. The third-order valence-corrected chi connectivity index (χ3v) is 5.85. The zero-order valence-corrected chi connectivity index (χ0v) is 22.4. The van der Waals surface area contributed by atoms with Crippen LogP contribution in [0.15, 0.2) is 84.9 Å². The van der Waals surface area contributed by atoms with Crippen LogP contribution in [0, 0.1) is 0 Å². The number of fused-ring (bicyclic) bond motifs is 1. The third-order valence-electron chi connectivity index (χ3n) is 5.85. The summed E-state index contributed by atoms with van der Waals surface area (Å²) in [5.74, 6) is -0.495. The molecule has 2 amide bonds. The lowest BCUT2D eigenvalue weighted by atomic mass is 10.0. The Labute approximate surface area is 230 Å². The number of halogens is 3. The predicted octanol–water partition coefficient (Wildman–Crippen LogP) is 7.54. The minimum atomic E-state index is -4.62. The number of likely N-dealkylation sites (N-methyl/N-ethyl adjacent to an activating group) is 1. The Hall–Kier alpha value is -4.60. The molecule has 40 heavy (non-hydrogen) atoms. The van der Waals surface area contributed by atoms with Gasteiger partial charge in [-0.15, -0.1) is 0 Å². The summed E-state index contributed by atoms with van der Waals surface area (Å²) in [6, 6.07) is 21.8. The molecule has 7 nitrogen and oxygen atoms in total. The van der Waals surface area contributed by atoms with Crippen LogP contribution in [-0.4, -0.2) is 34.5 Å². The van der Waals surface area contributed by atoms with E-state index in [2.05, 4.69) is 15.6 Å². The van der Waals surface area contributed by atoms with E-state index in [4.69, 9.17) is 4.74 Å². The quantitative estimate of drug-likeness (QED) is 0.259. The van der Waals surface area contributed by atoms with Gasteiger partial charge in [-0.3, -0.25) is 9.69 Å². The molecule has 4 rings (SSSR count). The highest BCUT2D eigenvalue weighted by Crippen LogP contribution is 2.34. The van der Waals surface area contributed by atoms with Crippen LogP contribution in [0.1, 0.15) is 38.1 Å². The number of hydrogen-bond acceptors (Lipinski definition) is 5. The van der Waals surface area contributed by atoms with Crippen LogP contribution in [-0.2, 0) is 15.7 Å². The van der Waals surface area contributed by atoms with E-state index in [-0.39, 0.29) is 11.2 Å². The van der Waals surface area contributed by atoms with Crippen molar-refractivity contribution < 1.29 is 27.5 Å². The molecule has 0 aliphatic rings. The first kappa shape index (κ1) is 28.4. The van der Waals surface area contributed by atoms with Crippen LogP contribution >= 0.6 is 0 Å². The van der Waals surface area contributed by atoms with Crippen LogP contribution in [0.2, 0.25) is 0 Å². The largest absolute Gasteiger partial charge is 0.444 e. The number of carbonyl (C=O) groups excluding carboxylic acids is 2. The molecule has 0 aliphatic heterocycles. The molecule has 0 radical (unpaired) electrons. The van der Waals surface area contributed by atoms with Crippen molar-refractivity contribution in [2.24, 2.45) is 0 Å². The fourth-order valence-electron chi connectivity index (χ4n) is 4.09. The van der Waals surface area contributed by atoms with Crippen molar-refractivity contribution in [1.29, 1.82) is 0 Å². The number of benzene rings is 3. The second-order valence-electron chi connectivity index (χ2n) is 10.2. The summed E-state index contributed by atoms with van der Waals surface area (Å²) in [6.45, 7) is 5.20.